The standard InChI is InChI=1S/C10H10FNO3S/c1-2-15-10-4-3-8(7-9(10)11)16(13,14)6-5-12/h3-4,7H,2,6H2,1H3. The van der Waals surface area contributed by atoms with E-state index in [0.29, 0.717) is 6.61 Å². The van der Waals surface area contributed by atoms with E-state index in [9.17, 15) is 12.8 Å². The van der Waals surface area contributed by atoms with Gasteiger partial charge in [-0.15, -0.1) is 0 Å². The molecule has 0 aromatic heterocycles. The molecule has 86 valence electrons. The van der Waals surface area contributed by atoms with E-state index in [4.69, 9.17) is 10.00 Å². The van der Waals surface area contributed by atoms with E-state index in [1.807, 2.05) is 0 Å². The SMILES string of the molecule is CCOc1ccc(S(=O)(=O)CC#N)cc1F. The lowest BCUT2D eigenvalue weighted by atomic mass is 10.3. The Balaban J connectivity index is 3.12. The summed E-state index contributed by atoms with van der Waals surface area (Å²) < 4.78 is 41.1. The van der Waals surface area contributed by atoms with Crippen LogP contribution in [0, 0.1) is 17.1 Å². The van der Waals surface area contributed by atoms with Gasteiger partial charge < -0.3 is 4.74 Å². The number of ether oxygens (including phenoxy) is 1. The second kappa shape index (κ2) is 4.94. The molecule has 0 fully saturated rings. The molecule has 0 spiro atoms. The highest BCUT2D eigenvalue weighted by atomic mass is 32.2. The van der Waals surface area contributed by atoms with Crippen molar-refractivity contribution in [1.29, 1.82) is 5.26 Å². The van der Waals surface area contributed by atoms with Crippen LogP contribution in [0.3, 0.4) is 0 Å². The molecule has 0 amide bonds. The smallest absolute Gasteiger partial charge is 0.191 e. The minimum absolute atomic E-state index is 0.00147. The summed E-state index contributed by atoms with van der Waals surface area (Å²) >= 11 is 0. The first kappa shape index (κ1) is 12.5. The molecule has 1 rings (SSSR count). The lowest BCUT2D eigenvalue weighted by Crippen LogP contribution is -2.06. The molecule has 1 aromatic rings. The molecule has 6 heteroatoms. The van der Waals surface area contributed by atoms with Crippen molar-refractivity contribution < 1.29 is 17.5 Å². The summed E-state index contributed by atoms with van der Waals surface area (Å²) in [5.74, 6) is -1.42. The molecule has 0 aliphatic heterocycles. The van der Waals surface area contributed by atoms with E-state index in [0.717, 1.165) is 6.07 Å². The summed E-state index contributed by atoms with van der Waals surface area (Å²) in [5.41, 5.74) is 0. The van der Waals surface area contributed by atoms with Crippen molar-refractivity contribution in [1.82, 2.24) is 0 Å². The van der Waals surface area contributed by atoms with Gasteiger partial charge in [0, 0.05) is 0 Å². The predicted octanol–water partition coefficient (Wildman–Crippen LogP) is 1.52. The summed E-state index contributed by atoms with van der Waals surface area (Å²) in [5, 5.41) is 8.32. The van der Waals surface area contributed by atoms with Crippen molar-refractivity contribution in [2.75, 3.05) is 12.4 Å². The molecule has 0 bridgehead atoms. The number of nitriles is 1. The van der Waals surface area contributed by atoms with E-state index in [2.05, 4.69) is 0 Å². The van der Waals surface area contributed by atoms with E-state index >= 15 is 0 Å². The summed E-state index contributed by atoms with van der Waals surface area (Å²) in [7, 11) is -3.72. The van der Waals surface area contributed by atoms with E-state index in [1.165, 1.54) is 18.2 Å². The Hall–Kier alpha value is -1.61. The Bertz CT molecular complexity index is 519. The van der Waals surface area contributed by atoms with Gasteiger partial charge in [0.25, 0.3) is 0 Å². The highest BCUT2D eigenvalue weighted by Gasteiger charge is 2.16. The van der Waals surface area contributed by atoms with Gasteiger partial charge in [0.2, 0.25) is 0 Å². The van der Waals surface area contributed by atoms with Gasteiger partial charge in [-0.05, 0) is 25.1 Å². The Labute approximate surface area is 93.2 Å². The minimum Gasteiger partial charge on any atom is -0.491 e. The van der Waals surface area contributed by atoms with E-state index < -0.39 is 21.4 Å². The number of hydrogen-bond acceptors (Lipinski definition) is 4. The maximum Gasteiger partial charge on any atom is 0.191 e. The van der Waals surface area contributed by atoms with Gasteiger partial charge in [0.05, 0.1) is 17.6 Å². The van der Waals surface area contributed by atoms with Crippen molar-refractivity contribution >= 4 is 9.84 Å². The Kier molecular flexibility index (Phi) is 3.85. The lowest BCUT2D eigenvalue weighted by molar-refractivity contribution is 0.321. The second-order valence-electron chi connectivity index (χ2n) is 2.94. The number of nitrogens with zero attached hydrogens (tertiary/aromatic N) is 1. The summed E-state index contributed by atoms with van der Waals surface area (Å²) in [6.45, 7) is 1.99. The Morgan fingerprint density at radius 1 is 1.50 bits per heavy atom. The number of hydrogen-bond donors (Lipinski definition) is 0. The first-order valence-electron chi connectivity index (χ1n) is 4.53. The van der Waals surface area contributed by atoms with Crippen molar-refractivity contribution in [2.45, 2.75) is 11.8 Å². The van der Waals surface area contributed by atoms with Crippen LogP contribution in [0.15, 0.2) is 23.1 Å². The third-order valence-electron chi connectivity index (χ3n) is 1.82. The molecule has 0 heterocycles. The van der Waals surface area contributed by atoms with Crippen LogP contribution in [0.5, 0.6) is 5.75 Å². The predicted molar refractivity (Wildman–Crippen MR) is 55.2 cm³/mol. The number of benzene rings is 1. The van der Waals surface area contributed by atoms with Gasteiger partial charge in [-0.1, -0.05) is 0 Å². The van der Waals surface area contributed by atoms with Gasteiger partial charge in [-0.3, -0.25) is 0 Å². The maximum absolute atomic E-state index is 13.3. The van der Waals surface area contributed by atoms with Crippen molar-refractivity contribution in [3.8, 4) is 11.8 Å². The molecule has 0 atom stereocenters. The quantitative estimate of drug-likeness (QED) is 0.804. The molecule has 16 heavy (non-hydrogen) atoms. The van der Waals surface area contributed by atoms with Crippen LogP contribution in [-0.4, -0.2) is 20.8 Å². The molecular formula is C10H10FNO3S. The van der Waals surface area contributed by atoms with Gasteiger partial charge in [0.1, 0.15) is 5.75 Å². The molecule has 0 saturated carbocycles. The monoisotopic (exact) mass is 243 g/mol. The first-order chi connectivity index (χ1) is 7.51. The highest BCUT2D eigenvalue weighted by molar-refractivity contribution is 7.91. The molecule has 0 aliphatic carbocycles. The molecule has 4 nitrogen and oxygen atoms in total. The van der Waals surface area contributed by atoms with Crippen molar-refractivity contribution in [2.24, 2.45) is 0 Å². The van der Waals surface area contributed by atoms with Crippen LogP contribution in [0.1, 0.15) is 6.92 Å². The normalized spacial score (nSPS) is 10.8. The van der Waals surface area contributed by atoms with E-state index in [1.54, 1.807) is 6.92 Å². The fraction of sp³-hybridized carbons (Fsp3) is 0.300. The minimum atomic E-state index is -3.72. The third kappa shape index (κ3) is 2.70. The maximum atomic E-state index is 13.3. The Morgan fingerprint density at radius 3 is 2.69 bits per heavy atom. The molecular weight excluding hydrogens is 233 g/mol. The van der Waals surface area contributed by atoms with Gasteiger partial charge in [-0.2, -0.15) is 5.26 Å². The number of rotatable bonds is 4. The zero-order valence-electron chi connectivity index (χ0n) is 8.60. The second-order valence-corrected chi connectivity index (χ2v) is 4.93. The fourth-order valence-electron chi connectivity index (χ4n) is 1.12. The number of sulfone groups is 1. The summed E-state index contributed by atoms with van der Waals surface area (Å²) in [6.07, 6.45) is 0. The van der Waals surface area contributed by atoms with Crippen LogP contribution >= 0.6 is 0 Å². The van der Waals surface area contributed by atoms with Crippen LogP contribution in [-0.2, 0) is 9.84 Å². The van der Waals surface area contributed by atoms with Gasteiger partial charge >= 0.3 is 0 Å². The molecule has 0 unspecified atom stereocenters. The fourth-order valence-corrected chi connectivity index (χ4v) is 2.01. The van der Waals surface area contributed by atoms with E-state index in [-0.39, 0.29) is 10.6 Å². The average Bonchev–Trinajstić information content (AvgIpc) is 2.21. The van der Waals surface area contributed by atoms with Gasteiger partial charge in [0.15, 0.2) is 21.4 Å². The topological polar surface area (TPSA) is 67.2 Å². The van der Waals surface area contributed by atoms with Gasteiger partial charge in [-0.25, -0.2) is 12.8 Å². The van der Waals surface area contributed by atoms with Crippen LogP contribution < -0.4 is 4.74 Å². The number of halogens is 1. The van der Waals surface area contributed by atoms with Crippen LogP contribution in [0.25, 0.3) is 0 Å². The first-order valence-corrected chi connectivity index (χ1v) is 6.18. The van der Waals surface area contributed by atoms with Crippen LogP contribution in [0.4, 0.5) is 4.39 Å². The average molecular weight is 243 g/mol. The molecule has 0 saturated heterocycles. The molecule has 0 N–H and O–H groups in total. The highest BCUT2D eigenvalue weighted by Crippen LogP contribution is 2.21. The molecule has 0 radical (unpaired) electrons. The van der Waals surface area contributed by atoms with Crippen LogP contribution in [0.2, 0.25) is 0 Å². The Morgan fingerprint density at radius 2 is 2.19 bits per heavy atom. The zero-order chi connectivity index (χ0) is 12.2. The molecule has 1 aromatic carbocycles. The summed E-state index contributed by atoms with van der Waals surface area (Å²) in [4.78, 5) is -0.213. The molecule has 0 aliphatic rings. The van der Waals surface area contributed by atoms with Crippen molar-refractivity contribution in [3.63, 3.8) is 0 Å². The third-order valence-corrected chi connectivity index (χ3v) is 3.30. The van der Waals surface area contributed by atoms with Crippen molar-refractivity contribution in [3.05, 3.63) is 24.0 Å². The zero-order valence-corrected chi connectivity index (χ0v) is 9.42. The largest absolute Gasteiger partial charge is 0.491 e. The lowest BCUT2D eigenvalue weighted by Gasteiger charge is -2.06. The summed E-state index contributed by atoms with van der Waals surface area (Å²) in [6, 6.07) is 4.84.